The molecule has 10 heteroatoms. The molecule has 1 aliphatic heterocycles. The predicted molar refractivity (Wildman–Crippen MR) is 136 cm³/mol. The van der Waals surface area contributed by atoms with Crippen molar-refractivity contribution >= 4 is 29.9 Å². The van der Waals surface area contributed by atoms with Crippen molar-refractivity contribution in [1.82, 2.24) is 30.7 Å². The number of nitrogens with zero attached hydrogens (tertiary/aromatic N) is 5. The van der Waals surface area contributed by atoms with Crippen LogP contribution >= 0.6 is 24.0 Å². The second-order valence-electron chi connectivity index (χ2n) is 8.06. The lowest BCUT2D eigenvalue weighted by Gasteiger charge is -2.34. The van der Waals surface area contributed by atoms with E-state index in [9.17, 15) is 0 Å². The number of guanidine groups is 1. The maximum atomic E-state index is 5.52. The molecule has 2 N–H and O–H groups in total. The summed E-state index contributed by atoms with van der Waals surface area (Å²) in [5.74, 6) is 2.54. The zero-order valence-corrected chi connectivity index (χ0v) is 21.6. The summed E-state index contributed by atoms with van der Waals surface area (Å²) in [4.78, 5) is 16.0. The number of ether oxygens (including phenoxy) is 1. The molecular formula is C22H36IN7O2. The zero-order chi connectivity index (χ0) is 21.9. The molecule has 1 unspecified atom stereocenters. The highest BCUT2D eigenvalue weighted by molar-refractivity contribution is 14.0. The Morgan fingerprint density at radius 3 is 2.72 bits per heavy atom. The second-order valence-corrected chi connectivity index (χ2v) is 8.06. The van der Waals surface area contributed by atoms with E-state index < -0.39 is 0 Å². The first kappa shape index (κ1) is 26.5. The van der Waals surface area contributed by atoms with Crippen LogP contribution in [0.25, 0.3) is 11.6 Å². The van der Waals surface area contributed by atoms with Crippen LogP contribution in [0.1, 0.15) is 33.0 Å². The van der Waals surface area contributed by atoms with Crippen molar-refractivity contribution in [2.45, 2.75) is 39.7 Å². The summed E-state index contributed by atoms with van der Waals surface area (Å²) >= 11 is 0. The Bertz CT molecular complexity index is 795. The molecule has 0 aromatic carbocycles. The average molecular weight is 557 g/mol. The summed E-state index contributed by atoms with van der Waals surface area (Å²) in [6.07, 6.45) is 3.48. The minimum absolute atomic E-state index is 0. The van der Waals surface area contributed by atoms with E-state index in [4.69, 9.17) is 14.3 Å². The molecule has 0 bridgehead atoms. The fourth-order valence-electron chi connectivity index (χ4n) is 3.61. The Morgan fingerprint density at radius 1 is 1.22 bits per heavy atom. The van der Waals surface area contributed by atoms with E-state index >= 15 is 0 Å². The van der Waals surface area contributed by atoms with Crippen molar-refractivity contribution in [3.8, 4) is 11.6 Å². The zero-order valence-electron chi connectivity index (χ0n) is 19.3. The van der Waals surface area contributed by atoms with E-state index in [2.05, 4.69) is 51.4 Å². The molecule has 1 saturated heterocycles. The lowest BCUT2D eigenvalue weighted by atomic mass is 10.0. The number of rotatable bonds is 10. The molecule has 3 rings (SSSR count). The average Bonchev–Trinajstić information content (AvgIpc) is 3.26. The molecule has 1 fully saturated rings. The fourth-order valence-corrected chi connectivity index (χ4v) is 3.61. The molecule has 1 atom stereocenters. The van der Waals surface area contributed by atoms with Crippen molar-refractivity contribution in [3.63, 3.8) is 0 Å². The van der Waals surface area contributed by atoms with Crippen LogP contribution in [0.2, 0.25) is 0 Å². The molecule has 0 amide bonds. The van der Waals surface area contributed by atoms with Crippen molar-refractivity contribution in [3.05, 3.63) is 30.2 Å². The van der Waals surface area contributed by atoms with Gasteiger partial charge in [-0.3, -0.25) is 14.9 Å². The molecule has 0 spiro atoms. The maximum absolute atomic E-state index is 5.52. The van der Waals surface area contributed by atoms with Crippen LogP contribution in [0, 0.1) is 5.92 Å². The van der Waals surface area contributed by atoms with Crippen LogP contribution in [0.4, 0.5) is 0 Å². The normalized spacial score (nSPS) is 15.9. The largest absolute Gasteiger partial charge is 0.379 e. The van der Waals surface area contributed by atoms with Gasteiger partial charge in [-0.2, -0.15) is 4.98 Å². The van der Waals surface area contributed by atoms with Gasteiger partial charge in [0.15, 0.2) is 11.8 Å². The molecule has 2 aromatic heterocycles. The van der Waals surface area contributed by atoms with Gasteiger partial charge >= 0.3 is 0 Å². The van der Waals surface area contributed by atoms with Crippen LogP contribution in [-0.2, 0) is 11.2 Å². The van der Waals surface area contributed by atoms with Crippen molar-refractivity contribution in [2.75, 3.05) is 45.9 Å². The number of morpholine rings is 1. The number of aromatic nitrogens is 3. The lowest BCUT2D eigenvalue weighted by molar-refractivity contribution is 0.0143. The van der Waals surface area contributed by atoms with E-state index in [1.807, 2.05) is 18.2 Å². The minimum atomic E-state index is 0. The Kier molecular flexibility index (Phi) is 11.9. The quantitative estimate of drug-likeness (QED) is 0.261. The van der Waals surface area contributed by atoms with Crippen molar-refractivity contribution < 1.29 is 9.26 Å². The SMILES string of the molecule is CCNC(=NCC(CC(C)C)N1CCOCC1)NCCc1noc(-c2ccccn2)n1.I. The lowest BCUT2D eigenvalue weighted by Crippen LogP contribution is -2.46. The Morgan fingerprint density at radius 2 is 2.03 bits per heavy atom. The molecule has 32 heavy (non-hydrogen) atoms. The highest BCUT2D eigenvalue weighted by atomic mass is 127. The third-order valence-electron chi connectivity index (χ3n) is 5.10. The summed E-state index contributed by atoms with van der Waals surface area (Å²) in [5, 5.41) is 10.8. The number of pyridine rings is 1. The monoisotopic (exact) mass is 557 g/mol. The first-order valence-electron chi connectivity index (χ1n) is 11.2. The first-order valence-corrected chi connectivity index (χ1v) is 11.2. The van der Waals surface area contributed by atoms with E-state index in [0.717, 1.165) is 51.8 Å². The summed E-state index contributed by atoms with van der Waals surface area (Å²) in [5.41, 5.74) is 0.684. The molecular weight excluding hydrogens is 521 g/mol. The molecule has 2 aromatic rings. The summed E-state index contributed by atoms with van der Waals surface area (Å²) < 4.78 is 10.8. The van der Waals surface area contributed by atoms with Crippen LogP contribution in [0.15, 0.2) is 33.9 Å². The van der Waals surface area contributed by atoms with Gasteiger partial charge in [-0.1, -0.05) is 25.1 Å². The number of nitrogens with one attached hydrogen (secondary N) is 2. The summed E-state index contributed by atoms with van der Waals surface area (Å²) in [6.45, 7) is 12.4. The summed E-state index contributed by atoms with van der Waals surface area (Å²) in [6, 6.07) is 6.04. The number of hydrogen-bond donors (Lipinski definition) is 2. The molecule has 178 valence electrons. The van der Waals surface area contributed by atoms with Crippen LogP contribution in [0.3, 0.4) is 0 Å². The fraction of sp³-hybridized carbons (Fsp3) is 0.636. The van der Waals surface area contributed by atoms with Gasteiger partial charge in [0.05, 0.1) is 19.8 Å². The number of aliphatic imine (C=N–C) groups is 1. The molecule has 9 nitrogen and oxygen atoms in total. The van der Waals surface area contributed by atoms with Gasteiger partial charge < -0.3 is 19.9 Å². The second kappa shape index (κ2) is 14.4. The summed E-state index contributed by atoms with van der Waals surface area (Å²) in [7, 11) is 0. The standard InChI is InChI=1S/C22H35N7O2.HI/c1-4-23-22(26-16-18(15-17(2)3)29-11-13-30-14-12-29)25-10-8-20-27-21(31-28-20)19-7-5-6-9-24-19;/h5-7,9,17-18H,4,8,10-16H2,1-3H3,(H2,23,25,26);1H. The van der Waals surface area contributed by atoms with Crippen LogP contribution in [0.5, 0.6) is 0 Å². The molecule has 0 radical (unpaired) electrons. The van der Waals surface area contributed by atoms with E-state index in [1.165, 1.54) is 0 Å². The van der Waals surface area contributed by atoms with Crippen molar-refractivity contribution in [2.24, 2.45) is 10.9 Å². The first-order chi connectivity index (χ1) is 15.2. The molecule has 1 aliphatic rings. The topological polar surface area (TPSA) is 101 Å². The van der Waals surface area contributed by atoms with Gasteiger partial charge in [0, 0.05) is 44.8 Å². The third kappa shape index (κ3) is 8.62. The van der Waals surface area contributed by atoms with Gasteiger partial charge in [-0.05, 0) is 31.4 Å². The van der Waals surface area contributed by atoms with Crippen molar-refractivity contribution in [1.29, 1.82) is 0 Å². The Labute approximate surface area is 207 Å². The predicted octanol–water partition coefficient (Wildman–Crippen LogP) is 2.59. The van der Waals surface area contributed by atoms with Gasteiger partial charge in [0.2, 0.25) is 0 Å². The van der Waals surface area contributed by atoms with Gasteiger partial charge in [0.1, 0.15) is 5.69 Å². The number of hydrogen-bond acceptors (Lipinski definition) is 7. The smallest absolute Gasteiger partial charge is 0.276 e. The minimum Gasteiger partial charge on any atom is -0.379 e. The Hall–Kier alpha value is -1.79. The van der Waals surface area contributed by atoms with Gasteiger partial charge in [-0.15, -0.1) is 24.0 Å². The highest BCUT2D eigenvalue weighted by Gasteiger charge is 2.21. The number of halogens is 1. The van der Waals surface area contributed by atoms with Crippen LogP contribution < -0.4 is 10.6 Å². The third-order valence-corrected chi connectivity index (χ3v) is 5.10. The molecule has 3 heterocycles. The van der Waals surface area contributed by atoms with E-state index in [-0.39, 0.29) is 24.0 Å². The van der Waals surface area contributed by atoms with Crippen LogP contribution in [-0.4, -0.2) is 78.0 Å². The maximum Gasteiger partial charge on any atom is 0.276 e. The van der Waals surface area contributed by atoms with Gasteiger partial charge in [-0.25, -0.2) is 0 Å². The van der Waals surface area contributed by atoms with Gasteiger partial charge in [0.25, 0.3) is 5.89 Å². The highest BCUT2D eigenvalue weighted by Crippen LogP contribution is 2.14. The Balaban J connectivity index is 0.00000363. The van der Waals surface area contributed by atoms with E-state index in [0.29, 0.717) is 42.3 Å². The van der Waals surface area contributed by atoms with E-state index in [1.54, 1.807) is 6.20 Å². The molecule has 0 saturated carbocycles. The molecule has 0 aliphatic carbocycles.